The van der Waals surface area contributed by atoms with Gasteiger partial charge in [0.15, 0.2) is 5.13 Å². The summed E-state index contributed by atoms with van der Waals surface area (Å²) in [5.41, 5.74) is 10.3. The summed E-state index contributed by atoms with van der Waals surface area (Å²) in [7, 11) is 0. The average Bonchev–Trinajstić information content (AvgIpc) is 2.87. The van der Waals surface area contributed by atoms with E-state index < -0.39 is 0 Å². The van der Waals surface area contributed by atoms with Crippen LogP contribution in [0.3, 0.4) is 0 Å². The van der Waals surface area contributed by atoms with Crippen molar-refractivity contribution < 1.29 is 4.79 Å². The zero-order valence-electron chi connectivity index (χ0n) is 14.3. The van der Waals surface area contributed by atoms with Crippen LogP contribution in [0.2, 0.25) is 0 Å². The van der Waals surface area contributed by atoms with Gasteiger partial charge in [0.25, 0.3) is 5.91 Å². The molecular weight excluding hydrogens is 318 g/mol. The third-order valence-corrected chi connectivity index (χ3v) is 4.80. The number of amides is 1. The Kier molecular flexibility index (Phi) is 4.05. The molecule has 0 atom stereocenters. The lowest BCUT2D eigenvalue weighted by Crippen LogP contribution is -2.14. The van der Waals surface area contributed by atoms with Crippen molar-refractivity contribution in [2.45, 2.75) is 33.1 Å². The molecule has 1 aromatic heterocycles. The molecule has 0 radical (unpaired) electrons. The topological polar surface area (TPSA) is 68.0 Å². The third-order valence-electron chi connectivity index (χ3n) is 3.97. The number of nitrogens with zero attached hydrogens (tertiary/aromatic N) is 1. The van der Waals surface area contributed by atoms with Gasteiger partial charge in [0, 0.05) is 11.3 Å². The van der Waals surface area contributed by atoms with E-state index in [2.05, 4.69) is 31.1 Å². The highest BCUT2D eigenvalue weighted by Gasteiger charge is 2.15. The van der Waals surface area contributed by atoms with E-state index in [4.69, 9.17) is 5.73 Å². The smallest absolute Gasteiger partial charge is 0.255 e. The number of benzene rings is 2. The van der Waals surface area contributed by atoms with Gasteiger partial charge in [0.2, 0.25) is 0 Å². The number of nitrogen functional groups attached to an aromatic ring is 1. The Morgan fingerprint density at radius 2 is 1.83 bits per heavy atom. The second-order valence-electron chi connectivity index (χ2n) is 6.97. The van der Waals surface area contributed by atoms with E-state index in [1.807, 2.05) is 43.3 Å². The lowest BCUT2D eigenvalue weighted by molar-refractivity contribution is 0.102. The minimum atomic E-state index is -0.119. The Balaban J connectivity index is 1.84. The molecular formula is C19H21N3OS. The number of hydrogen-bond donors (Lipinski definition) is 2. The molecule has 3 aromatic rings. The number of thiazole rings is 1. The number of rotatable bonds is 2. The molecule has 0 aliphatic rings. The summed E-state index contributed by atoms with van der Waals surface area (Å²) in [6.45, 7) is 8.43. The van der Waals surface area contributed by atoms with E-state index in [1.165, 1.54) is 16.9 Å². The van der Waals surface area contributed by atoms with Crippen LogP contribution in [0.5, 0.6) is 0 Å². The predicted octanol–water partition coefficient (Wildman–Crippen LogP) is 4.74. The monoisotopic (exact) mass is 339 g/mol. The van der Waals surface area contributed by atoms with E-state index in [0.717, 1.165) is 21.5 Å². The first-order valence-corrected chi connectivity index (χ1v) is 8.64. The molecule has 2 aromatic carbocycles. The highest BCUT2D eigenvalue weighted by molar-refractivity contribution is 7.22. The summed E-state index contributed by atoms with van der Waals surface area (Å²) in [5.74, 6) is -0.119. The van der Waals surface area contributed by atoms with Gasteiger partial charge in [-0.3, -0.25) is 4.79 Å². The summed E-state index contributed by atoms with van der Waals surface area (Å²) >= 11 is 1.42. The number of nitrogens with one attached hydrogen (secondary N) is 1. The number of nitrogens with two attached hydrogens (primary N) is 1. The number of aryl methyl sites for hydroxylation is 1. The highest BCUT2D eigenvalue weighted by atomic mass is 32.1. The largest absolute Gasteiger partial charge is 0.375 e. The molecule has 3 N–H and O–H groups in total. The lowest BCUT2D eigenvalue weighted by Gasteiger charge is -2.19. The first kappa shape index (κ1) is 16.5. The number of fused-ring (bicyclic) bond motifs is 1. The average molecular weight is 339 g/mol. The fraction of sp³-hybridized carbons (Fsp3) is 0.263. The molecule has 0 aliphatic heterocycles. The third kappa shape index (κ3) is 3.26. The van der Waals surface area contributed by atoms with Crippen molar-refractivity contribution in [2.75, 3.05) is 11.1 Å². The van der Waals surface area contributed by atoms with Gasteiger partial charge in [-0.1, -0.05) is 44.2 Å². The number of hydrogen-bond acceptors (Lipinski definition) is 4. The van der Waals surface area contributed by atoms with Gasteiger partial charge in [0.05, 0.1) is 10.2 Å². The zero-order chi connectivity index (χ0) is 17.5. The molecule has 1 heterocycles. The molecule has 0 fully saturated rings. The molecule has 0 saturated carbocycles. The molecule has 5 heteroatoms. The Bertz CT molecular complexity index is 905. The highest BCUT2D eigenvalue weighted by Crippen LogP contribution is 2.30. The van der Waals surface area contributed by atoms with Crippen LogP contribution >= 0.6 is 11.3 Å². The van der Waals surface area contributed by atoms with Crippen LogP contribution < -0.4 is 11.1 Å². The molecule has 4 nitrogen and oxygen atoms in total. The SMILES string of the molecule is Cc1cc(NC(=O)c2ccc(C(C)(C)C)cc2)cc2sc(N)nc12. The molecule has 0 aliphatic carbocycles. The van der Waals surface area contributed by atoms with Crippen LogP contribution in [-0.4, -0.2) is 10.9 Å². The van der Waals surface area contributed by atoms with Crippen LogP contribution in [0.25, 0.3) is 10.2 Å². The van der Waals surface area contributed by atoms with Gasteiger partial charge >= 0.3 is 0 Å². The molecule has 0 saturated heterocycles. The van der Waals surface area contributed by atoms with Crippen molar-refractivity contribution in [3.8, 4) is 0 Å². The first-order valence-electron chi connectivity index (χ1n) is 7.82. The van der Waals surface area contributed by atoms with Gasteiger partial charge in [-0.2, -0.15) is 0 Å². The Morgan fingerprint density at radius 1 is 1.17 bits per heavy atom. The fourth-order valence-corrected chi connectivity index (χ4v) is 3.46. The van der Waals surface area contributed by atoms with Crippen molar-refractivity contribution in [3.63, 3.8) is 0 Å². The van der Waals surface area contributed by atoms with Crippen molar-refractivity contribution in [3.05, 3.63) is 53.1 Å². The number of anilines is 2. The van der Waals surface area contributed by atoms with Crippen LogP contribution in [0.15, 0.2) is 36.4 Å². The lowest BCUT2D eigenvalue weighted by atomic mass is 9.87. The first-order chi connectivity index (χ1) is 11.2. The standard InChI is InChI=1S/C19H21N3OS/c1-11-9-14(10-15-16(11)22-18(20)24-15)21-17(23)12-5-7-13(8-6-12)19(2,3)4/h5-10H,1-4H3,(H2,20,22)(H,21,23). The second-order valence-corrected chi connectivity index (χ2v) is 8.04. The zero-order valence-corrected chi connectivity index (χ0v) is 15.1. The summed E-state index contributed by atoms with van der Waals surface area (Å²) < 4.78 is 0.978. The quantitative estimate of drug-likeness (QED) is 0.709. The van der Waals surface area contributed by atoms with E-state index in [9.17, 15) is 4.79 Å². The van der Waals surface area contributed by atoms with Crippen LogP contribution in [0.4, 0.5) is 10.8 Å². The Labute approximate surface area is 145 Å². The molecule has 0 unspecified atom stereocenters. The Hall–Kier alpha value is -2.40. The molecule has 3 rings (SSSR count). The molecule has 0 spiro atoms. The van der Waals surface area contributed by atoms with Crippen molar-refractivity contribution in [2.24, 2.45) is 0 Å². The maximum Gasteiger partial charge on any atom is 0.255 e. The predicted molar refractivity (Wildman–Crippen MR) is 102 cm³/mol. The van der Waals surface area contributed by atoms with E-state index in [1.54, 1.807) is 0 Å². The minimum Gasteiger partial charge on any atom is -0.375 e. The van der Waals surface area contributed by atoms with Gasteiger partial charge in [-0.25, -0.2) is 4.98 Å². The number of carbonyl (C=O) groups is 1. The Morgan fingerprint density at radius 3 is 2.46 bits per heavy atom. The van der Waals surface area contributed by atoms with Gasteiger partial charge in [-0.05, 0) is 47.7 Å². The molecule has 124 valence electrons. The summed E-state index contributed by atoms with van der Waals surface area (Å²) in [6, 6.07) is 11.6. The summed E-state index contributed by atoms with van der Waals surface area (Å²) in [5, 5.41) is 3.49. The van der Waals surface area contributed by atoms with Crippen LogP contribution in [0, 0.1) is 6.92 Å². The number of carbonyl (C=O) groups excluding carboxylic acids is 1. The van der Waals surface area contributed by atoms with Crippen LogP contribution in [0.1, 0.15) is 42.3 Å². The summed E-state index contributed by atoms with van der Waals surface area (Å²) in [4.78, 5) is 16.8. The summed E-state index contributed by atoms with van der Waals surface area (Å²) in [6.07, 6.45) is 0. The van der Waals surface area contributed by atoms with E-state index in [0.29, 0.717) is 10.7 Å². The normalized spacial score (nSPS) is 11.7. The maximum absolute atomic E-state index is 12.5. The maximum atomic E-state index is 12.5. The molecule has 1 amide bonds. The molecule has 0 bridgehead atoms. The van der Waals surface area contributed by atoms with E-state index >= 15 is 0 Å². The van der Waals surface area contributed by atoms with Gasteiger partial charge in [-0.15, -0.1) is 0 Å². The van der Waals surface area contributed by atoms with E-state index in [-0.39, 0.29) is 11.3 Å². The number of aromatic nitrogens is 1. The second kappa shape index (κ2) is 5.91. The van der Waals surface area contributed by atoms with Gasteiger partial charge in [0.1, 0.15) is 0 Å². The molecule has 24 heavy (non-hydrogen) atoms. The fourth-order valence-electron chi connectivity index (χ4n) is 2.61. The minimum absolute atomic E-state index is 0.0727. The van der Waals surface area contributed by atoms with Crippen molar-refractivity contribution in [1.82, 2.24) is 4.98 Å². The van der Waals surface area contributed by atoms with Crippen molar-refractivity contribution >= 4 is 38.3 Å². The van der Waals surface area contributed by atoms with Crippen molar-refractivity contribution in [1.29, 1.82) is 0 Å². The van der Waals surface area contributed by atoms with Gasteiger partial charge < -0.3 is 11.1 Å². The van der Waals surface area contributed by atoms with Crippen LogP contribution in [-0.2, 0) is 5.41 Å².